The molecule has 0 aromatic carbocycles. The van der Waals surface area contributed by atoms with Gasteiger partial charge in [0.2, 0.25) is 5.95 Å². The van der Waals surface area contributed by atoms with E-state index in [0.29, 0.717) is 6.04 Å². The SMILES string of the molecule is C[C@H](N)CC1CCN(c2ncccn2)CC1. The molecule has 0 bridgehead atoms. The first-order valence-electron chi connectivity index (χ1n) is 6.03. The minimum atomic E-state index is 0.324. The number of anilines is 1. The number of rotatable bonds is 3. The van der Waals surface area contributed by atoms with Crippen molar-refractivity contribution >= 4 is 5.95 Å². The van der Waals surface area contributed by atoms with Gasteiger partial charge in [-0.15, -0.1) is 0 Å². The largest absolute Gasteiger partial charge is 0.341 e. The van der Waals surface area contributed by atoms with Gasteiger partial charge in [0.1, 0.15) is 0 Å². The minimum Gasteiger partial charge on any atom is -0.341 e. The molecule has 1 saturated heterocycles. The van der Waals surface area contributed by atoms with Gasteiger partial charge in [0.15, 0.2) is 0 Å². The zero-order chi connectivity index (χ0) is 11.4. The summed E-state index contributed by atoms with van der Waals surface area (Å²) in [5.74, 6) is 1.64. The predicted molar refractivity (Wildman–Crippen MR) is 65.2 cm³/mol. The second-order valence-electron chi connectivity index (χ2n) is 4.69. The van der Waals surface area contributed by atoms with Crippen LogP contribution in [0.3, 0.4) is 0 Å². The number of piperidine rings is 1. The van der Waals surface area contributed by atoms with Crippen LogP contribution in [-0.2, 0) is 0 Å². The van der Waals surface area contributed by atoms with E-state index in [2.05, 4.69) is 21.8 Å². The minimum absolute atomic E-state index is 0.324. The van der Waals surface area contributed by atoms with E-state index >= 15 is 0 Å². The number of hydrogen-bond acceptors (Lipinski definition) is 4. The summed E-state index contributed by atoms with van der Waals surface area (Å²) in [4.78, 5) is 10.8. The van der Waals surface area contributed by atoms with Crippen LogP contribution >= 0.6 is 0 Å². The summed E-state index contributed by atoms with van der Waals surface area (Å²) in [5, 5.41) is 0. The Balaban J connectivity index is 1.86. The van der Waals surface area contributed by atoms with Crippen molar-refractivity contribution in [3.8, 4) is 0 Å². The van der Waals surface area contributed by atoms with E-state index in [-0.39, 0.29) is 0 Å². The van der Waals surface area contributed by atoms with Gasteiger partial charge in [-0.3, -0.25) is 0 Å². The van der Waals surface area contributed by atoms with E-state index in [9.17, 15) is 0 Å². The molecule has 2 heterocycles. The average Bonchev–Trinajstić information content (AvgIpc) is 2.30. The van der Waals surface area contributed by atoms with Crippen LogP contribution < -0.4 is 10.6 Å². The normalized spacial score (nSPS) is 19.8. The quantitative estimate of drug-likeness (QED) is 0.837. The highest BCUT2D eigenvalue weighted by Crippen LogP contribution is 2.23. The molecule has 0 aliphatic carbocycles. The molecule has 1 atom stereocenters. The summed E-state index contributed by atoms with van der Waals surface area (Å²) in [6, 6.07) is 2.18. The maximum atomic E-state index is 5.83. The topological polar surface area (TPSA) is 55.0 Å². The number of aromatic nitrogens is 2. The lowest BCUT2D eigenvalue weighted by Gasteiger charge is -2.32. The van der Waals surface area contributed by atoms with E-state index in [0.717, 1.165) is 31.4 Å². The third-order valence-electron chi connectivity index (χ3n) is 3.15. The van der Waals surface area contributed by atoms with Gasteiger partial charge < -0.3 is 10.6 Å². The molecule has 88 valence electrons. The highest BCUT2D eigenvalue weighted by atomic mass is 15.2. The Morgan fingerprint density at radius 2 is 2.00 bits per heavy atom. The van der Waals surface area contributed by atoms with E-state index in [1.165, 1.54) is 12.8 Å². The van der Waals surface area contributed by atoms with Gasteiger partial charge in [0.05, 0.1) is 0 Å². The summed E-state index contributed by atoms with van der Waals surface area (Å²) in [6.45, 7) is 4.20. The Bertz CT molecular complexity index is 304. The smallest absolute Gasteiger partial charge is 0.225 e. The van der Waals surface area contributed by atoms with Crippen LogP contribution in [0.5, 0.6) is 0 Å². The molecule has 1 aliphatic rings. The van der Waals surface area contributed by atoms with E-state index < -0.39 is 0 Å². The third-order valence-corrected chi connectivity index (χ3v) is 3.15. The fourth-order valence-electron chi connectivity index (χ4n) is 2.35. The molecule has 0 amide bonds. The first kappa shape index (κ1) is 11.3. The van der Waals surface area contributed by atoms with Crippen molar-refractivity contribution in [1.29, 1.82) is 0 Å². The summed E-state index contributed by atoms with van der Waals surface area (Å²) < 4.78 is 0. The summed E-state index contributed by atoms with van der Waals surface area (Å²) in [6.07, 6.45) is 7.16. The van der Waals surface area contributed by atoms with Crippen molar-refractivity contribution in [3.05, 3.63) is 18.5 Å². The molecule has 0 spiro atoms. The van der Waals surface area contributed by atoms with Gasteiger partial charge in [-0.2, -0.15) is 0 Å². The van der Waals surface area contributed by atoms with Crippen molar-refractivity contribution in [2.24, 2.45) is 11.7 Å². The molecule has 0 saturated carbocycles. The van der Waals surface area contributed by atoms with Crippen molar-refractivity contribution in [1.82, 2.24) is 9.97 Å². The molecule has 0 radical (unpaired) electrons. The summed E-state index contributed by atoms with van der Waals surface area (Å²) >= 11 is 0. The first-order valence-corrected chi connectivity index (χ1v) is 6.03. The van der Waals surface area contributed by atoms with Crippen molar-refractivity contribution in [3.63, 3.8) is 0 Å². The van der Waals surface area contributed by atoms with Gasteiger partial charge in [-0.05, 0) is 38.2 Å². The molecule has 2 N–H and O–H groups in total. The van der Waals surface area contributed by atoms with Gasteiger partial charge >= 0.3 is 0 Å². The molecule has 1 fully saturated rings. The van der Waals surface area contributed by atoms with E-state index in [1.54, 1.807) is 12.4 Å². The molecule has 2 rings (SSSR count). The molecular formula is C12H20N4. The van der Waals surface area contributed by atoms with Crippen LogP contribution in [0.15, 0.2) is 18.5 Å². The highest BCUT2D eigenvalue weighted by molar-refractivity contribution is 5.28. The molecule has 4 nitrogen and oxygen atoms in total. The Morgan fingerprint density at radius 3 is 2.56 bits per heavy atom. The standard InChI is InChI=1S/C12H20N4/c1-10(13)9-11-3-7-16(8-4-11)12-14-5-2-6-15-12/h2,5-6,10-11H,3-4,7-9,13H2,1H3/t10-/m0/s1. The van der Waals surface area contributed by atoms with Gasteiger partial charge in [0, 0.05) is 31.5 Å². The van der Waals surface area contributed by atoms with Crippen LogP contribution in [0.1, 0.15) is 26.2 Å². The second kappa shape index (κ2) is 5.25. The van der Waals surface area contributed by atoms with E-state index in [1.807, 2.05) is 6.07 Å². The fraction of sp³-hybridized carbons (Fsp3) is 0.667. The molecule has 16 heavy (non-hydrogen) atoms. The summed E-state index contributed by atoms with van der Waals surface area (Å²) in [5.41, 5.74) is 5.83. The van der Waals surface area contributed by atoms with Crippen LogP contribution in [-0.4, -0.2) is 29.1 Å². The zero-order valence-electron chi connectivity index (χ0n) is 9.84. The van der Waals surface area contributed by atoms with Gasteiger partial charge in [-0.1, -0.05) is 0 Å². The van der Waals surface area contributed by atoms with Crippen molar-refractivity contribution in [2.75, 3.05) is 18.0 Å². The number of hydrogen-bond donors (Lipinski definition) is 1. The number of nitrogens with two attached hydrogens (primary N) is 1. The van der Waals surface area contributed by atoms with Crippen LogP contribution in [0.4, 0.5) is 5.95 Å². The maximum Gasteiger partial charge on any atom is 0.225 e. The second-order valence-corrected chi connectivity index (χ2v) is 4.69. The Hall–Kier alpha value is -1.16. The lowest BCUT2D eigenvalue weighted by Crippen LogP contribution is -2.36. The van der Waals surface area contributed by atoms with Gasteiger partial charge in [0.25, 0.3) is 0 Å². The lowest BCUT2D eigenvalue weighted by molar-refractivity contribution is 0.358. The lowest BCUT2D eigenvalue weighted by atomic mass is 9.91. The highest BCUT2D eigenvalue weighted by Gasteiger charge is 2.21. The summed E-state index contributed by atoms with van der Waals surface area (Å²) in [7, 11) is 0. The molecule has 1 aromatic rings. The molecule has 0 unspecified atom stereocenters. The van der Waals surface area contributed by atoms with Crippen LogP contribution in [0.25, 0.3) is 0 Å². The fourth-order valence-corrected chi connectivity index (χ4v) is 2.35. The monoisotopic (exact) mass is 220 g/mol. The molecular weight excluding hydrogens is 200 g/mol. The van der Waals surface area contributed by atoms with Crippen molar-refractivity contribution < 1.29 is 0 Å². The van der Waals surface area contributed by atoms with Crippen molar-refractivity contribution in [2.45, 2.75) is 32.2 Å². The first-order chi connectivity index (χ1) is 7.75. The number of nitrogens with zero attached hydrogens (tertiary/aromatic N) is 3. The zero-order valence-corrected chi connectivity index (χ0v) is 9.84. The van der Waals surface area contributed by atoms with Gasteiger partial charge in [-0.25, -0.2) is 9.97 Å². The molecule has 1 aliphatic heterocycles. The van der Waals surface area contributed by atoms with Crippen LogP contribution in [0.2, 0.25) is 0 Å². The molecule has 1 aromatic heterocycles. The third kappa shape index (κ3) is 2.92. The van der Waals surface area contributed by atoms with E-state index in [4.69, 9.17) is 5.73 Å². The average molecular weight is 220 g/mol. The Morgan fingerprint density at radius 1 is 1.38 bits per heavy atom. The Labute approximate surface area is 96.9 Å². The maximum absolute atomic E-state index is 5.83. The Kier molecular flexibility index (Phi) is 3.72. The predicted octanol–water partition coefficient (Wildman–Crippen LogP) is 1.43. The van der Waals surface area contributed by atoms with Crippen LogP contribution in [0, 0.1) is 5.92 Å². The molecule has 4 heteroatoms.